The van der Waals surface area contributed by atoms with Gasteiger partial charge in [0.1, 0.15) is 13.2 Å². The lowest BCUT2D eigenvalue weighted by atomic mass is 10.0. The zero-order valence-corrected chi connectivity index (χ0v) is 16.3. The Labute approximate surface area is 165 Å². The summed E-state index contributed by atoms with van der Waals surface area (Å²) in [4.78, 5) is 41.8. The first kappa shape index (κ1) is 20.0. The van der Waals surface area contributed by atoms with Crippen molar-refractivity contribution in [1.29, 1.82) is 0 Å². The Bertz CT molecular complexity index is 689. The topological polar surface area (TPSA) is 82.2 Å². The molecule has 2 aliphatic heterocycles. The van der Waals surface area contributed by atoms with E-state index in [1.807, 2.05) is 35.2 Å². The zero-order valence-electron chi connectivity index (χ0n) is 16.3. The van der Waals surface area contributed by atoms with Gasteiger partial charge in [0.15, 0.2) is 0 Å². The van der Waals surface area contributed by atoms with Crippen LogP contribution in [0, 0.1) is 0 Å². The van der Waals surface area contributed by atoms with E-state index < -0.39 is 0 Å². The molecule has 0 aliphatic carbocycles. The first-order valence-electron chi connectivity index (χ1n) is 9.80. The van der Waals surface area contributed by atoms with Gasteiger partial charge in [0, 0.05) is 39.3 Å². The van der Waals surface area contributed by atoms with Crippen LogP contribution < -0.4 is 5.32 Å². The van der Waals surface area contributed by atoms with Crippen LogP contribution in [0.1, 0.15) is 24.8 Å². The molecule has 8 heteroatoms. The summed E-state index contributed by atoms with van der Waals surface area (Å²) in [6, 6.07) is 9.61. The third kappa shape index (κ3) is 4.94. The van der Waals surface area contributed by atoms with Crippen LogP contribution in [0.2, 0.25) is 0 Å². The van der Waals surface area contributed by atoms with Gasteiger partial charge in [0.05, 0.1) is 0 Å². The molecule has 3 rings (SSSR count). The fraction of sp³-hybridized carbons (Fsp3) is 0.550. The highest BCUT2D eigenvalue weighted by atomic mass is 16.6. The largest absolute Gasteiger partial charge is 0.445 e. The summed E-state index contributed by atoms with van der Waals surface area (Å²) in [6.45, 7) is 2.80. The maximum Gasteiger partial charge on any atom is 0.410 e. The summed E-state index contributed by atoms with van der Waals surface area (Å²) in [5.41, 5.74) is 0.959. The Morgan fingerprint density at radius 1 is 1.11 bits per heavy atom. The van der Waals surface area contributed by atoms with Crippen molar-refractivity contribution in [2.75, 3.05) is 39.8 Å². The number of nitrogens with one attached hydrogen (secondary N) is 1. The molecule has 0 saturated carbocycles. The highest BCUT2D eigenvalue weighted by Gasteiger charge is 2.34. The summed E-state index contributed by atoms with van der Waals surface area (Å²) < 4.78 is 5.40. The second-order valence-electron chi connectivity index (χ2n) is 7.18. The lowest BCUT2D eigenvalue weighted by molar-refractivity contribution is -0.121. The molecule has 8 nitrogen and oxygen atoms in total. The fourth-order valence-corrected chi connectivity index (χ4v) is 3.71. The molecule has 28 heavy (non-hydrogen) atoms. The molecular formula is C20H28N4O4. The number of likely N-dealkylation sites (N-methyl/N-ethyl adjacent to an activating group) is 1. The number of amides is 4. The molecule has 0 bridgehead atoms. The number of piperidine rings is 1. The van der Waals surface area contributed by atoms with E-state index >= 15 is 0 Å². The normalized spacial score (nSPS) is 18.2. The van der Waals surface area contributed by atoms with E-state index in [2.05, 4.69) is 5.32 Å². The highest BCUT2D eigenvalue weighted by Crippen LogP contribution is 2.22. The second-order valence-corrected chi connectivity index (χ2v) is 7.18. The van der Waals surface area contributed by atoms with E-state index in [9.17, 15) is 14.4 Å². The van der Waals surface area contributed by atoms with Crippen molar-refractivity contribution in [3.8, 4) is 0 Å². The zero-order chi connectivity index (χ0) is 19.9. The Morgan fingerprint density at radius 3 is 2.50 bits per heavy atom. The fourth-order valence-electron chi connectivity index (χ4n) is 3.71. The monoisotopic (exact) mass is 388 g/mol. The summed E-state index contributed by atoms with van der Waals surface area (Å²) >= 11 is 0. The van der Waals surface area contributed by atoms with E-state index in [1.54, 1.807) is 16.8 Å². The van der Waals surface area contributed by atoms with Crippen LogP contribution in [-0.2, 0) is 16.1 Å². The smallest absolute Gasteiger partial charge is 0.410 e. The lowest BCUT2D eigenvalue weighted by Crippen LogP contribution is -2.57. The van der Waals surface area contributed by atoms with Gasteiger partial charge in [-0.3, -0.25) is 4.79 Å². The average Bonchev–Trinajstić information content (AvgIpc) is 2.74. The van der Waals surface area contributed by atoms with Gasteiger partial charge in [-0.05, 0) is 24.8 Å². The van der Waals surface area contributed by atoms with Crippen LogP contribution in [0.4, 0.5) is 9.59 Å². The van der Waals surface area contributed by atoms with Gasteiger partial charge in [-0.15, -0.1) is 0 Å². The van der Waals surface area contributed by atoms with Crippen molar-refractivity contribution in [3.05, 3.63) is 35.9 Å². The molecule has 0 radical (unpaired) electrons. The van der Waals surface area contributed by atoms with Gasteiger partial charge < -0.3 is 24.8 Å². The molecule has 0 aromatic heterocycles. The molecule has 1 aromatic rings. The highest BCUT2D eigenvalue weighted by molar-refractivity contribution is 5.84. The molecule has 152 valence electrons. The SMILES string of the molecule is CNC(=O)CN1CCCN(C2CCN(C(=O)OCc3ccccc3)CC2)C1=O. The third-order valence-corrected chi connectivity index (χ3v) is 5.33. The Hall–Kier alpha value is -2.77. The van der Waals surface area contributed by atoms with Crippen molar-refractivity contribution in [1.82, 2.24) is 20.0 Å². The Morgan fingerprint density at radius 2 is 1.82 bits per heavy atom. The number of rotatable bonds is 5. The van der Waals surface area contributed by atoms with Crippen LogP contribution in [0.15, 0.2) is 30.3 Å². The molecule has 0 atom stereocenters. The summed E-state index contributed by atoms with van der Waals surface area (Å²) in [5, 5.41) is 2.56. The van der Waals surface area contributed by atoms with Crippen molar-refractivity contribution in [3.63, 3.8) is 0 Å². The van der Waals surface area contributed by atoms with E-state index in [-0.39, 0.29) is 37.2 Å². The number of hydrogen-bond donors (Lipinski definition) is 1. The molecule has 2 heterocycles. The maximum absolute atomic E-state index is 12.7. The van der Waals surface area contributed by atoms with Crippen molar-refractivity contribution in [2.24, 2.45) is 0 Å². The standard InChI is InChI=1S/C20H28N4O4/c1-21-18(25)14-23-10-5-11-24(19(23)26)17-8-12-22(13-9-17)20(27)28-15-16-6-3-2-4-7-16/h2-4,6-7,17H,5,8-15H2,1H3,(H,21,25). The molecule has 1 aromatic carbocycles. The molecule has 0 spiro atoms. The van der Waals surface area contributed by atoms with Crippen molar-refractivity contribution in [2.45, 2.75) is 31.9 Å². The van der Waals surface area contributed by atoms with Crippen LogP contribution in [-0.4, -0.2) is 78.5 Å². The van der Waals surface area contributed by atoms with Gasteiger partial charge in [-0.25, -0.2) is 9.59 Å². The number of benzene rings is 1. The number of carbonyl (C=O) groups excluding carboxylic acids is 3. The third-order valence-electron chi connectivity index (χ3n) is 5.33. The number of nitrogens with zero attached hydrogens (tertiary/aromatic N) is 3. The summed E-state index contributed by atoms with van der Waals surface area (Å²) in [5.74, 6) is -0.161. The van der Waals surface area contributed by atoms with Crippen molar-refractivity contribution >= 4 is 18.0 Å². The van der Waals surface area contributed by atoms with Gasteiger partial charge in [-0.1, -0.05) is 30.3 Å². The van der Waals surface area contributed by atoms with Gasteiger partial charge in [-0.2, -0.15) is 0 Å². The van der Waals surface area contributed by atoms with Crippen molar-refractivity contribution < 1.29 is 19.1 Å². The number of carbonyl (C=O) groups is 3. The van der Waals surface area contributed by atoms with E-state index in [0.717, 1.165) is 24.8 Å². The Balaban J connectivity index is 1.47. The number of hydrogen-bond acceptors (Lipinski definition) is 4. The summed E-state index contributed by atoms with van der Waals surface area (Å²) in [6.07, 6.45) is 1.98. The second kappa shape index (κ2) is 9.43. The van der Waals surface area contributed by atoms with Gasteiger partial charge in [0.2, 0.25) is 5.91 Å². The Kier molecular flexibility index (Phi) is 6.73. The number of likely N-dealkylation sites (tertiary alicyclic amines) is 1. The van der Waals surface area contributed by atoms with Crippen LogP contribution in [0.25, 0.3) is 0 Å². The summed E-state index contributed by atoms with van der Waals surface area (Å²) in [7, 11) is 1.57. The number of ether oxygens (including phenoxy) is 1. The molecule has 2 saturated heterocycles. The van der Waals surface area contributed by atoms with Crippen LogP contribution >= 0.6 is 0 Å². The minimum atomic E-state index is -0.312. The maximum atomic E-state index is 12.7. The predicted octanol–water partition coefficient (Wildman–Crippen LogP) is 1.66. The molecule has 0 unspecified atom stereocenters. The first-order chi connectivity index (χ1) is 13.6. The van der Waals surface area contributed by atoms with Gasteiger partial charge in [0.25, 0.3) is 0 Å². The van der Waals surface area contributed by atoms with Crippen LogP contribution in [0.3, 0.4) is 0 Å². The molecule has 2 aliphatic rings. The van der Waals surface area contributed by atoms with Crippen LogP contribution in [0.5, 0.6) is 0 Å². The minimum Gasteiger partial charge on any atom is -0.445 e. The lowest BCUT2D eigenvalue weighted by Gasteiger charge is -2.43. The van der Waals surface area contributed by atoms with E-state index in [0.29, 0.717) is 26.2 Å². The molecule has 1 N–H and O–H groups in total. The van der Waals surface area contributed by atoms with E-state index in [4.69, 9.17) is 4.74 Å². The predicted molar refractivity (Wildman–Crippen MR) is 104 cm³/mol. The minimum absolute atomic E-state index is 0.0834. The molecule has 4 amide bonds. The quantitative estimate of drug-likeness (QED) is 0.832. The molecular weight excluding hydrogens is 360 g/mol. The number of urea groups is 1. The van der Waals surface area contributed by atoms with Gasteiger partial charge >= 0.3 is 12.1 Å². The molecule has 2 fully saturated rings. The average molecular weight is 388 g/mol. The van der Waals surface area contributed by atoms with E-state index in [1.165, 1.54) is 0 Å². The first-order valence-corrected chi connectivity index (χ1v) is 9.80.